The van der Waals surface area contributed by atoms with Crippen molar-refractivity contribution in [1.82, 2.24) is 0 Å². The highest BCUT2D eigenvalue weighted by atomic mass is 31.1. The molecule has 2 saturated carbocycles. The SMILES string of the molecule is C=C(C1CCCCC1)[P+](=O)OC1CCCCC1. The van der Waals surface area contributed by atoms with Gasteiger partial charge in [-0.2, -0.15) is 0 Å². The van der Waals surface area contributed by atoms with Crippen molar-refractivity contribution in [3.05, 3.63) is 11.9 Å². The van der Waals surface area contributed by atoms with E-state index in [-0.39, 0.29) is 6.10 Å². The van der Waals surface area contributed by atoms with Crippen molar-refractivity contribution in [2.75, 3.05) is 0 Å². The molecular formula is C14H24O2P+. The van der Waals surface area contributed by atoms with Crippen molar-refractivity contribution in [2.45, 2.75) is 70.3 Å². The lowest BCUT2D eigenvalue weighted by atomic mass is 9.89. The quantitative estimate of drug-likeness (QED) is 0.647. The zero-order chi connectivity index (χ0) is 12.1. The van der Waals surface area contributed by atoms with E-state index in [0.29, 0.717) is 5.92 Å². The van der Waals surface area contributed by atoms with Crippen LogP contribution in [0.4, 0.5) is 0 Å². The van der Waals surface area contributed by atoms with Gasteiger partial charge in [0.15, 0.2) is 5.31 Å². The van der Waals surface area contributed by atoms with Gasteiger partial charge in [-0.05, 0) is 36.8 Å². The third kappa shape index (κ3) is 3.89. The van der Waals surface area contributed by atoms with Crippen LogP contribution in [0.2, 0.25) is 0 Å². The van der Waals surface area contributed by atoms with Crippen molar-refractivity contribution in [1.29, 1.82) is 0 Å². The molecule has 0 aromatic heterocycles. The summed E-state index contributed by atoms with van der Waals surface area (Å²) in [5.74, 6) is 0.455. The topological polar surface area (TPSA) is 26.3 Å². The normalized spacial score (nSPS) is 24.6. The van der Waals surface area contributed by atoms with E-state index in [4.69, 9.17) is 4.52 Å². The highest BCUT2D eigenvalue weighted by molar-refractivity contribution is 7.44. The third-order valence-corrected chi connectivity index (χ3v) is 5.43. The van der Waals surface area contributed by atoms with Gasteiger partial charge in [0.25, 0.3) is 0 Å². The zero-order valence-electron chi connectivity index (χ0n) is 10.7. The van der Waals surface area contributed by atoms with E-state index in [9.17, 15) is 4.57 Å². The van der Waals surface area contributed by atoms with E-state index >= 15 is 0 Å². The zero-order valence-corrected chi connectivity index (χ0v) is 11.6. The van der Waals surface area contributed by atoms with E-state index in [1.54, 1.807) is 0 Å². The Labute approximate surface area is 106 Å². The third-order valence-electron chi connectivity index (χ3n) is 4.11. The molecule has 0 spiro atoms. The van der Waals surface area contributed by atoms with Crippen molar-refractivity contribution in [2.24, 2.45) is 5.92 Å². The van der Waals surface area contributed by atoms with Gasteiger partial charge in [0.05, 0.1) is 0 Å². The molecule has 1 unspecified atom stereocenters. The molecule has 0 bridgehead atoms. The largest absolute Gasteiger partial charge is 0.544 e. The summed E-state index contributed by atoms with van der Waals surface area (Å²) in [5.41, 5.74) is 0. The maximum Gasteiger partial charge on any atom is 0.544 e. The molecule has 2 nitrogen and oxygen atoms in total. The van der Waals surface area contributed by atoms with E-state index in [2.05, 4.69) is 6.58 Å². The second kappa shape index (κ2) is 6.66. The number of rotatable bonds is 4. The highest BCUT2D eigenvalue weighted by Crippen LogP contribution is 2.45. The molecule has 0 aromatic carbocycles. The van der Waals surface area contributed by atoms with Crippen LogP contribution in [0.5, 0.6) is 0 Å². The fraction of sp³-hybridized carbons (Fsp3) is 0.857. The Balaban J connectivity index is 1.79. The molecule has 96 valence electrons. The molecule has 2 rings (SSSR count). The molecule has 2 aliphatic carbocycles. The van der Waals surface area contributed by atoms with Crippen LogP contribution in [-0.4, -0.2) is 6.10 Å². The first-order valence-electron chi connectivity index (χ1n) is 7.10. The van der Waals surface area contributed by atoms with Crippen molar-refractivity contribution < 1.29 is 9.09 Å². The van der Waals surface area contributed by atoms with Gasteiger partial charge >= 0.3 is 8.03 Å². The number of allylic oxidation sites excluding steroid dienone is 1. The van der Waals surface area contributed by atoms with Gasteiger partial charge in [-0.25, -0.2) is 0 Å². The van der Waals surface area contributed by atoms with Crippen LogP contribution in [0.25, 0.3) is 0 Å². The summed E-state index contributed by atoms with van der Waals surface area (Å²) in [6.07, 6.45) is 12.3. The Morgan fingerprint density at radius 2 is 1.47 bits per heavy atom. The Morgan fingerprint density at radius 1 is 0.941 bits per heavy atom. The van der Waals surface area contributed by atoms with Crippen molar-refractivity contribution in [3.63, 3.8) is 0 Å². The molecule has 17 heavy (non-hydrogen) atoms. The molecule has 0 amide bonds. The minimum absolute atomic E-state index is 0.229. The number of hydrogen-bond donors (Lipinski definition) is 0. The van der Waals surface area contributed by atoms with Crippen molar-refractivity contribution >= 4 is 8.03 Å². The van der Waals surface area contributed by atoms with Crippen LogP contribution in [-0.2, 0) is 9.09 Å². The highest BCUT2D eigenvalue weighted by Gasteiger charge is 2.35. The minimum Gasteiger partial charge on any atom is -0.139 e. The van der Waals surface area contributed by atoms with Gasteiger partial charge in [0.2, 0.25) is 0 Å². The van der Waals surface area contributed by atoms with Gasteiger partial charge in [0, 0.05) is 5.92 Å². The summed E-state index contributed by atoms with van der Waals surface area (Å²) in [6.45, 7) is 4.04. The van der Waals surface area contributed by atoms with Crippen molar-refractivity contribution in [3.8, 4) is 0 Å². The van der Waals surface area contributed by atoms with Crippen LogP contribution in [0.1, 0.15) is 64.2 Å². The first-order chi connectivity index (χ1) is 8.27. The molecule has 0 radical (unpaired) electrons. The van der Waals surface area contributed by atoms with E-state index in [1.807, 2.05) is 0 Å². The summed E-state index contributed by atoms with van der Waals surface area (Å²) < 4.78 is 17.9. The lowest BCUT2D eigenvalue weighted by Gasteiger charge is -2.19. The van der Waals surface area contributed by atoms with Crippen LogP contribution in [0.15, 0.2) is 11.9 Å². The average molecular weight is 255 g/mol. The molecule has 1 atom stereocenters. The summed E-state index contributed by atoms with van der Waals surface area (Å²) in [5, 5.41) is 0.880. The molecule has 0 N–H and O–H groups in total. The lowest BCUT2D eigenvalue weighted by Crippen LogP contribution is -2.14. The van der Waals surface area contributed by atoms with Crippen LogP contribution >= 0.6 is 8.03 Å². The average Bonchev–Trinajstić information content (AvgIpc) is 2.40. The van der Waals surface area contributed by atoms with E-state index < -0.39 is 8.03 Å². The Bertz CT molecular complexity index is 276. The Kier molecular flexibility index (Phi) is 5.18. The maximum atomic E-state index is 12.1. The molecule has 0 heterocycles. The summed E-state index contributed by atoms with van der Waals surface area (Å²) in [4.78, 5) is 0. The minimum atomic E-state index is -1.63. The van der Waals surface area contributed by atoms with Gasteiger partial charge in [-0.15, -0.1) is 4.52 Å². The van der Waals surface area contributed by atoms with Gasteiger partial charge in [-0.3, -0.25) is 0 Å². The Morgan fingerprint density at radius 3 is 2.06 bits per heavy atom. The maximum absolute atomic E-state index is 12.1. The molecule has 2 fully saturated rings. The standard InChI is InChI=1S/C14H24O2P/c1-12(13-8-4-2-5-9-13)17(15)16-14-10-6-3-7-11-14/h13-14H,1-11H2/q+1. The monoisotopic (exact) mass is 255 g/mol. The first kappa shape index (κ1) is 13.2. The molecule has 0 aliphatic heterocycles. The smallest absolute Gasteiger partial charge is 0.139 e. The van der Waals surface area contributed by atoms with Crippen LogP contribution in [0.3, 0.4) is 0 Å². The number of hydrogen-bond acceptors (Lipinski definition) is 2. The summed E-state index contributed by atoms with van der Waals surface area (Å²) >= 11 is 0. The summed E-state index contributed by atoms with van der Waals surface area (Å²) in [7, 11) is -1.63. The van der Waals surface area contributed by atoms with Gasteiger partial charge in [0.1, 0.15) is 6.10 Å². The second-order valence-electron chi connectivity index (χ2n) is 5.45. The predicted molar refractivity (Wildman–Crippen MR) is 71.3 cm³/mol. The molecule has 0 aromatic rings. The van der Waals surface area contributed by atoms with E-state index in [0.717, 1.165) is 31.0 Å². The lowest BCUT2D eigenvalue weighted by molar-refractivity contribution is 0.166. The van der Waals surface area contributed by atoms with Crippen LogP contribution < -0.4 is 0 Å². The van der Waals surface area contributed by atoms with Gasteiger partial charge in [-0.1, -0.05) is 38.5 Å². The fourth-order valence-corrected chi connectivity index (χ4v) is 4.13. The molecule has 2 aliphatic rings. The Hall–Kier alpha value is -0.200. The van der Waals surface area contributed by atoms with Gasteiger partial charge < -0.3 is 0 Å². The van der Waals surface area contributed by atoms with E-state index in [1.165, 1.54) is 38.5 Å². The fourth-order valence-electron chi connectivity index (χ4n) is 2.96. The summed E-state index contributed by atoms with van der Waals surface area (Å²) in [6, 6.07) is 0. The molecule has 0 saturated heterocycles. The molecular weight excluding hydrogens is 231 g/mol. The first-order valence-corrected chi connectivity index (χ1v) is 8.28. The van der Waals surface area contributed by atoms with Crippen LogP contribution in [0, 0.1) is 5.92 Å². The second-order valence-corrected chi connectivity index (χ2v) is 6.75. The molecule has 3 heteroatoms. The predicted octanol–water partition coefficient (Wildman–Crippen LogP) is 5.17.